The van der Waals surface area contributed by atoms with Crippen LogP contribution in [0, 0.1) is 0 Å². The summed E-state index contributed by atoms with van der Waals surface area (Å²) in [6, 6.07) is 0.457. The first-order valence-electron chi connectivity index (χ1n) is 3.75. The van der Waals surface area contributed by atoms with Gasteiger partial charge in [-0.05, 0) is 6.42 Å². The minimum atomic E-state index is -1.65. The van der Waals surface area contributed by atoms with Crippen LogP contribution in [-0.4, -0.2) is 45.1 Å². The van der Waals surface area contributed by atoms with Gasteiger partial charge in [0.05, 0.1) is 5.75 Å². The molecular formula is C6H14N2O2S. The Morgan fingerprint density at radius 2 is 2.45 bits per heavy atom. The zero-order valence-corrected chi connectivity index (χ0v) is 7.22. The molecule has 0 saturated carbocycles. The summed E-state index contributed by atoms with van der Waals surface area (Å²) in [5.41, 5.74) is 5.45. The van der Waals surface area contributed by atoms with Gasteiger partial charge in [0.1, 0.15) is 0 Å². The Hall–Kier alpha value is 0.0300. The van der Waals surface area contributed by atoms with E-state index in [0.717, 1.165) is 13.0 Å². The van der Waals surface area contributed by atoms with Crippen molar-refractivity contribution in [3.63, 3.8) is 0 Å². The van der Waals surface area contributed by atoms with Gasteiger partial charge in [0.2, 0.25) is 0 Å². The minimum absolute atomic E-state index is 0.344. The van der Waals surface area contributed by atoms with E-state index in [1.54, 1.807) is 0 Å². The number of likely N-dealkylation sites (tertiary alicyclic amines) is 1. The van der Waals surface area contributed by atoms with E-state index >= 15 is 0 Å². The summed E-state index contributed by atoms with van der Waals surface area (Å²) in [6.45, 7) is 2.39. The molecule has 0 aromatic carbocycles. The molecule has 0 aromatic rings. The molecule has 0 aromatic heterocycles. The van der Waals surface area contributed by atoms with Gasteiger partial charge < -0.3 is 10.3 Å². The normalized spacial score (nSPS) is 28.0. The van der Waals surface area contributed by atoms with Gasteiger partial charge in [-0.3, -0.25) is 4.90 Å². The summed E-state index contributed by atoms with van der Waals surface area (Å²) < 4.78 is 18.8. The minimum Gasteiger partial charge on any atom is -0.329 e. The fourth-order valence-electron chi connectivity index (χ4n) is 1.25. The topological polar surface area (TPSA) is 66.6 Å². The van der Waals surface area contributed by atoms with Crippen molar-refractivity contribution in [1.29, 1.82) is 0 Å². The van der Waals surface area contributed by atoms with Crippen LogP contribution in [0.1, 0.15) is 6.42 Å². The third-order valence-corrected chi connectivity index (χ3v) is 2.62. The van der Waals surface area contributed by atoms with Crippen LogP contribution in [0.2, 0.25) is 0 Å². The first kappa shape index (κ1) is 9.12. The van der Waals surface area contributed by atoms with Gasteiger partial charge in [0, 0.05) is 25.7 Å². The molecule has 0 amide bonds. The third kappa shape index (κ3) is 2.52. The standard InChI is InChI=1S/C6H14N2O2S/c7-5-6-1-2-8(6)3-4-11(9)10/h6H,1-5,7H2,(H,9,10). The Kier molecular flexibility index (Phi) is 3.45. The van der Waals surface area contributed by atoms with Crippen molar-refractivity contribution in [2.24, 2.45) is 5.73 Å². The highest BCUT2D eigenvalue weighted by Crippen LogP contribution is 2.14. The SMILES string of the molecule is NCC1CCN1CCS(=O)O. The second-order valence-corrected chi connectivity index (χ2v) is 3.79. The molecule has 0 bridgehead atoms. The van der Waals surface area contributed by atoms with Gasteiger partial charge >= 0.3 is 0 Å². The molecule has 5 heteroatoms. The molecule has 3 N–H and O–H groups in total. The summed E-state index contributed by atoms with van der Waals surface area (Å²) >= 11 is -1.65. The van der Waals surface area contributed by atoms with Crippen molar-refractivity contribution < 1.29 is 8.76 Å². The second-order valence-electron chi connectivity index (χ2n) is 2.74. The van der Waals surface area contributed by atoms with Crippen LogP contribution in [0.25, 0.3) is 0 Å². The van der Waals surface area contributed by atoms with Gasteiger partial charge in [-0.1, -0.05) is 0 Å². The lowest BCUT2D eigenvalue weighted by atomic mass is 10.0. The summed E-state index contributed by atoms with van der Waals surface area (Å²) in [4.78, 5) is 2.15. The molecule has 0 spiro atoms. The van der Waals surface area contributed by atoms with Gasteiger partial charge in [0.25, 0.3) is 0 Å². The predicted octanol–water partition coefficient (Wildman–Crippen LogP) is -0.759. The maximum Gasteiger partial charge on any atom is 0.154 e. The Morgan fingerprint density at radius 3 is 2.82 bits per heavy atom. The lowest BCUT2D eigenvalue weighted by molar-refractivity contribution is 0.105. The summed E-state index contributed by atoms with van der Waals surface area (Å²) in [7, 11) is 0. The van der Waals surface area contributed by atoms with Gasteiger partial charge in [-0.15, -0.1) is 0 Å². The zero-order valence-electron chi connectivity index (χ0n) is 6.40. The van der Waals surface area contributed by atoms with E-state index in [1.807, 2.05) is 0 Å². The largest absolute Gasteiger partial charge is 0.329 e. The molecule has 0 radical (unpaired) electrons. The van der Waals surface area contributed by atoms with Crippen molar-refractivity contribution in [2.75, 3.05) is 25.4 Å². The summed E-state index contributed by atoms with van der Waals surface area (Å²) in [5, 5.41) is 0. The molecule has 1 saturated heterocycles. The van der Waals surface area contributed by atoms with Crippen molar-refractivity contribution in [2.45, 2.75) is 12.5 Å². The number of nitrogens with zero attached hydrogens (tertiary/aromatic N) is 1. The van der Waals surface area contributed by atoms with E-state index in [4.69, 9.17) is 10.3 Å². The first-order valence-corrected chi connectivity index (χ1v) is 5.03. The van der Waals surface area contributed by atoms with Crippen LogP contribution in [0.3, 0.4) is 0 Å². The summed E-state index contributed by atoms with van der Waals surface area (Å²) in [6.07, 6.45) is 1.13. The molecular weight excluding hydrogens is 164 g/mol. The molecule has 2 atom stereocenters. The second kappa shape index (κ2) is 4.15. The van der Waals surface area contributed by atoms with E-state index < -0.39 is 11.1 Å². The molecule has 1 aliphatic rings. The highest BCUT2D eigenvalue weighted by atomic mass is 32.2. The highest BCUT2D eigenvalue weighted by Gasteiger charge is 2.25. The van der Waals surface area contributed by atoms with Crippen molar-refractivity contribution in [1.82, 2.24) is 4.90 Å². The molecule has 1 fully saturated rings. The van der Waals surface area contributed by atoms with E-state index in [9.17, 15) is 4.21 Å². The van der Waals surface area contributed by atoms with E-state index in [2.05, 4.69) is 4.90 Å². The molecule has 11 heavy (non-hydrogen) atoms. The number of hydrogen-bond donors (Lipinski definition) is 2. The first-order chi connectivity index (χ1) is 5.24. The van der Waals surface area contributed by atoms with Gasteiger partial charge in [-0.2, -0.15) is 0 Å². The molecule has 1 heterocycles. The Labute approximate surface area is 69.0 Å². The van der Waals surface area contributed by atoms with E-state index in [0.29, 0.717) is 24.9 Å². The van der Waals surface area contributed by atoms with E-state index in [-0.39, 0.29) is 0 Å². The number of rotatable bonds is 4. The van der Waals surface area contributed by atoms with Crippen LogP contribution in [-0.2, 0) is 11.1 Å². The maximum atomic E-state index is 10.3. The fourth-order valence-corrected chi connectivity index (χ4v) is 1.64. The van der Waals surface area contributed by atoms with Gasteiger partial charge in [0.15, 0.2) is 11.1 Å². The molecule has 1 aliphatic heterocycles. The van der Waals surface area contributed by atoms with Crippen molar-refractivity contribution in [3.8, 4) is 0 Å². The van der Waals surface area contributed by atoms with Crippen LogP contribution < -0.4 is 5.73 Å². The Morgan fingerprint density at radius 1 is 1.73 bits per heavy atom. The fraction of sp³-hybridized carbons (Fsp3) is 1.00. The smallest absolute Gasteiger partial charge is 0.154 e. The molecule has 1 rings (SSSR count). The average Bonchev–Trinajstić information content (AvgIpc) is 1.86. The molecule has 66 valence electrons. The van der Waals surface area contributed by atoms with Crippen LogP contribution in [0.4, 0.5) is 0 Å². The van der Waals surface area contributed by atoms with Crippen LogP contribution >= 0.6 is 0 Å². The third-order valence-electron chi connectivity index (χ3n) is 2.09. The van der Waals surface area contributed by atoms with Crippen LogP contribution in [0.5, 0.6) is 0 Å². The highest BCUT2D eigenvalue weighted by molar-refractivity contribution is 7.79. The lowest BCUT2D eigenvalue weighted by Gasteiger charge is -2.39. The van der Waals surface area contributed by atoms with E-state index in [1.165, 1.54) is 0 Å². The van der Waals surface area contributed by atoms with Crippen molar-refractivity contribution in [3.05, 3.63) is 0 Å². The Bertz CT molecular complexity index is 152. The zero-order chi connectivity index (χ0) is 8.27. The van der Waals surface area contributed by atoms with Crippen molar-refractivity contribution >= 4 is 11.1 Å². The molecule has 2 unspecified atom stereocenters. The predicted molar refractivity (Wildman–Crippen MR) is 44.7 cm³/mol. The number of nitrogens with two attached hydrogens (primary N) is 1. The maximum absolute atomic E-state index is 10.3. The quantitative estimate of drug-likeness (QED) is 0.555. The van der Waals surface area contributed by atoms with Crippen LogP contribution in [0.15, 0.2) is 0 Å². The monoisotopic (exact) mass is 178 g/mol. The molecule has 0 aliphatic carbocycles. The Balaban J connectivity index is 2.12. The lowest BCUT2D eigenvalue weighted by Crippen LogP contribution is -2.52. The summed E-state index contributed by atoms with van der Waals surface area (Å²) in [5.74, 6) is 0.344. The average molecular weight is 178 g/mol. The number of hydrogen-bond acceptors (Lipinski definition) is 3. The van der Waals surface area contributed by atoms with Gasteiger partial charge in [-0.25, -0.2) is 4.21 Å². The molecule has 4 nitrogen and oxygen atoms in total.